The number of fused-ring (bicyclic) bond motifs is 1. The second kappa shape index (κ2) is 4.73. The summed E-state index contributed by atoms with van der Waals surface area (Å²) in [4.78, 5) is 16.3. The highest BCUT2D eigenvalue weighted by Gasteiger charge is 2.46. The molecule has 0 bridgehead atoms. The maximum absolute atomic E-state index is 14.2. The molecule has 0 unspecified atom stereocenters. The predicted octanol–water partition coefficient (Wildman–Crippen LogP) is 2.62. The lowest BCUT2D eigenvalue weighted by atomic mass is 10.0. The molecule has 0 spiro atoms. The molecule has 1 aromatic heterocycles. The standard InChI is InChI=1S/C16H13FN4O/c17-12-7-13(9-4-2-1-3-5-9)21-16(12)19-15(20-21)14(22)11-6-10(11)8-18/h1-5,10-13H,6-7H2/t10-,11+,12-,13-/m0/s1. The van der Waals surface area contributed by atoms with Crippen molar-refractivity contribution in [2.75, 3.05) is 0 Å². The molecule has 0 amide bonds. The minimum Gasteiger partial charge on any atom is -0.290 e. The van der Waals surface area contributed by atoms with Crippen LogP contribution in [-0.2, 0) is 0 Å². The SMILES string of the molecule is N#C[C@@H]1C[C@H]1C(=O)c1nc2n(n1)[C@H](c1ccccc1)C[C@@H]2F. The monoisotopic (exact) mass is 296 g/mol. The number of benzene rings is 1. The topological polar surface area (TPSA) is 71.6 Å². The van der Waals surface area contributed by atoms with Crippen LogP contribution in [0.4, 0.5) is 4.39 Å². The van der Waals surface area contributed by atoms with E-state index in [0.717, 1.165) is 5.56 Å². The van der Waals surface area contributed by atoms with Crippen molar-refractivity contribution >= 4 is 5.78 Å². The van der Waals surface area contributed by atoms with E-state index in [9.17, 15) is 9.18 Å². The molecule has 2 heterocycles. The van der Waals surface area contributed by atoms with Crippen LogP contribution in [0, 0.1) is 23.2 Å². The molecule has 22 heavy (non-hydrogen) atoms. The first-order valence-electron chi connectivity index (χ1n) is 7.28. The van der Waals surface area contributed by atoms with Crippen molar-refractivity contribution in [3.05, 3.63) is 47.5 Å². The molecule has 1 saturated carbocycles. The number of carbonyl (C=O) groups excluding carboxylic acids is 1. The number of nitriles is 1. The molecule has 4 atom stereocenters. The van der Waals surface area contributed by atoms with Crippen molar-refractivity contribution in [3.8, 4) is 6.07 Å². The minimum atomic E-state index is -1.22. The van der Waals surface area contributed by atoms with Gasteiger partial charge in [-0.25, -0.2) is 14.1 Å². The van der Waals surface area contributed by atoms with Gasteiger partial charge in [0.05, 0.1) is 18.0 Å². The Bertz CT molecular complexity index is 779. The zero-order valence-electron chi connectivity index (χ0n) is 11.7. The van der Waals surface area contributed by atoms with Gasteiger partial charge in [0.1, 0.15) is 0 Å². The molecule has 2 aromatic rings. The number of alkyl halides is 1. The summed E-state index contributed by atoms with van der Waals surface area (Å²) >= 11 is 0. The molecule has 1 fully saturated rings. The van der Waals surface area contributed by atoms with Crippen LogP contribution in [0.1, 0.15) is 47.1 Å². The summed E-state index contributed by atoms with van der Waals surface area (Å²) in [5.41, 5.74) is 0.953. The minimum absolute atomic E-state index is 0.0426. The van der Waals surface area contributed by atoms with Gasteiger partial charge >= 0.3 is 0 Å². The lowest BCUT2D eigenvalue weighted by Gasteiger charge is -2.11. The van der Waals surface area contributed by atoms with Gasteiger partial charge in [-0.3, -0.25) is 4.79 Å². The van der Waals surface area contributed by atoms with Crippen molar-refractivity contribution in [1.82, 2.24) is 14.8 Å². The van der Waals surface area contributed by atoms with Crippen LogP contribution in [0.5, 0.6) is 0 Å². The van der Waals surface area contributed by atoms with Gasteiger partial charge in [0.15, 0.2) is 12.0 Å². The number of rotatable bonds is 3. The summed E-state index contributed by atoms with van der Waals surface area (Å²) in [6, 6.07) is 11.4. The van der Waals surface area contributed by atoms with E-state index < -0.39 is 6.17 Å². The number of carbonyl (C=O) groups is 1. The van der Waals surface area contributed by atoms with Crippen LogP contribution in [-0.4, -0.2) is 20.5 Å². The largest absolute Gasteiger partial charge is 0.290 e. The summed E-state index contributed by atoms with van der Waals surface area (Å²) in [7, 11) is 0. The molecule has 0 N–H and O–H groups in total. The molecule has 1 aliphatic heterocycles. The smallest absolute Gasteiger partial charge is 0.218 e. The fourth-order valence-corrected chi connectivity index (χ4v) is 3.03. The maximum atomic E-state index is 14.2. The third-order valence-corrected chi connectivity index (χ3v) is 4.36. The van der Waals surface area contributed by atoms with Crippen molar-refractivity contribution in [2.24, 2.45) is 11.8 Å². The highest BCUT2D eigenvalue weighted by molar-refractivity contribution is 5.96. The first-order valence-corrected chi connectivity index (χ1v) is 7.28. The molecular weight excluding hydrogens is 283 g/mol. The molecule has 0 radical (unpaired) electrons. The van der Waals surface area contributed by atoms with Gasteiger partial charge in [0, 0.05) is 12.3 Å². The number of halogens is 1. The highest BCUT2D eigenvalue weighted by atomic mass is 19.1. The lowest BCUT2D eigenvalue weighted by molar-refractivity contribution is 0.0953. The van der Waals surface area contributed by atoms with Gasteiger partial charge in [0.2, 0.25) is 11.6 Å². The van der Waals surface area contributed by atoms with Crippen molar-refractivity contribution in [2.45, 2.75) is 25.1 Å². The van der Waals surface area contributed by atoms with Crippen LogP contribution in [0.15, 0.2) is 30.3 Å². The number of hydrogen-bond donors (Lipinski definition) is 0. The zero-order chi connectivity index (χ0) is 15.3. The molecule has 1 aliphatic carbocycles. The number of nitrogens with zero attached hydrogens (tertiary/aromatic N) is 4. The van der Waals surface area contributed by atoms with Crippen LogP contribution in [0.25, 0.3) is 0 Å². The Labute approximate surface area is 126 Å². The quantitative estimate of drug-likeness (QED) is 0.816. The Morgan fingerprint density at radius 3 is 2.77 bits per heavy atom. The van der Waals surface area contributed by atoms with E-state index in [1.54, 1.807) is 0 Å². The van der Waals surface area contributed by atoms with Crippen molar-refractivity contribution < 1.29 is 9.18 Å². The van der Waals surface area contributed by atoms with E-state index in [0.29, 0.717) is 6.42 Å². The summed E-state index contributed by atoms with van der Waals surface area (Å²) < 4.78 is 15.7. The van der Waals surface area contributed by atoms with Crippen LogP contribution < -0.4 is 0 Å². The number of aromatic nitrogens is 3. The fourth-order valence-electron chi connectivity index (χ4n) is 3.03. The Kier molecular flexibility index (Phi) is 2.83. The molecule has 1 aromatic carbocycles. The Balaban J connectivity index is 1.67. The van der Waals surface area contributed by atoms with Gasteiger partial charge in [-0.05, 0) is 12.0 Å². The molecule has 0 saturated heterocycles. The molecular formula is C16H13FN4O. The highest BCUT2D eigenvalue weighted by Crippen LogP contribution is 2.42. The van der Waals surface area contributed by atoms with Crippen molar-refractivity contribution in [1.29, 1.82) is 5.26 Å². The summed E-state index contributed by atoms with van der Waals surface area (Å²) in [5.74, 6) is -0.543. The van der Waals surface area contributed by atoms with Gasteiger partial charge in [-0.15, -0.1) is 5.10 Å². The normalized spacial score (nSPS) is 28.9. The van der Waals surface area contributed by atoms with E-state index in [-0.39, 0.29) is 41.7 Å². The number of Topliss-reactive ketones (excluding diaryl/α,β-unsaturated/α-hetero) is 1. The Hall–Kier alpha value is -2.55. The average molecular weight is 296 g/mol. The molecule has 110 valence electrons. The summed E-state index contributed by atoms with van der Waals surface area (Å²) in [6.07, 6.45) is -0.372. The fraction of sp³-hybridized carbons (Fsp3) is 0.375. The molecule has 2 aliphatic rings. The first kappa shape index (κ1) is 13.1. The Morgan fingerprint density at radius 2 is 2.09 bits per heavy atom. The third kappa shape index (κ3) is 1.93. The Morgan fingerprint density at radius 1 is 1.32 bits per heavy atom. The van der Waals surface area contributed by atoms with Gasteiger partial charge < -0.3 is 0 Å². The van der Waals surface area contributed by atoms with E-state index in [2.05, 4.69) is 16.2 Å². The second-order valence-electron chi connectivity index (χ2n) is 5.81. The summed E-state index contributed by atoms with van der Waals surface area (Å²) in [5, 5.41) is 13.0. The van der Waals surface area contributed by atoms with E-state index in [1.165, 1.54) is 4.68 Å². The predicted molar refractivity (Wildman–Crippen MR) is 74.6 cm³/mol. The van der Waals surface area contributed by atoms with Gasteiger partial charge in [-0.1, -0.05) is 30.3 Å². The number of ketones is 1. The van der Waals surface area contributed by atoms with Gasteiger partial charge in [0.25, 0.3) is 0 Å². The third-order valence-electron chi connectivity index (χ3n) is 4.36. The van der Waals surface area contributed by atoms with E-state index in [4.69, 9.17) is 5.26 Å². The van der Waals surface area contributed by atoms with Crippen LogP contribution >= 0.6 is 0 Å². The maximum Gasteiger partial charge on any atom is 0.218 e. The second-order valence-corrected chi connectivity index (χ2v) is 5.81. The molecule has 5 nitrogen and oxygen atoms in total. The summed E-state index contributed by atoms with van der Waals surface area (Å²) in [6.45, 7) is 0. The van der Waals surface area contributed by atoms with E-state index >= 15 is 0 Å². The van der Waals surface area contributed by atoms with Crippen LogP contribution in [0.3, 0.4) is 0 Å². The van der Waals surface area contributed by atoms with Crippen molar-refractivity contribution in [3.63, 3.8) is 0 Å². The molecule has 6 heteroatoms. The zero-order valence-corrected chi connectivity index (χ0v) is 11.7. The average Bonchev–Trinajstić information content (AvgIpc) is 3.10. The number of hydrogen-bond acceptors (Lipinski definition) is 4. The first-order chi connectivity index (χ1) is 10.7. The lowest BCUT2D eigenvalue weighted by Crippen LogP contribution is -2.11. The molecule has 4 rings (SSSR count). The van der Waals surface area contributed by atoms with Gasteiger partial charge in [-0.2, -0.15) is 5.26 Å². The van der Waals surface area contributed by atoms with E-state index in [1.807, 2.05) is 30.3 Å². The van der Waals surface area contributed by atoms with Crippen LogP contribution in [0.2, 0.25) is 0 Å².